The van der Waals surface area contributed by atoms with Gasteiger partial charge >= 0.3 is 12.0 Å². The van der Waals surface area contributed by atoms with E-state index in [1.54, 1.807) is 0 Å². The zero-order chi connectivity index (χ0) is 15.3. The first-order valence-corrected chi connectivity index (χ1v) is 7.89. The normalized spacial score (nSPS) is 28.6. The van der Waals surface area contributed by atoms with Gasteiger partial charge in [0.2, 0.25) is 0 Å². The Morgan fingerprint density at radius 3 is 2.29 bits per heavy atom. The molecule has 1 aliphatic heterocycles. The van der Waals surface area contributed by atoms with E-state index in [1.807, 2.05) is 6.92 Å². The second kappa shape index (κ2) is 6.64. The van der Waals surface area contributed by atoms with Crippen molar-refractivity contribution in [3.05, 3.63) is 0 Å². The van der Waals surface area contributed by atoms with Crippen LogP contribution < -0.4 is 10.6 Å². The smallest absolute Gasteiger partial charge is 0.329 e. The number of amides is 2. The quantitative estimate of drug-likeness (QED) is 0.693. The molecule has 0 aromatic heterocycles. The highest BCUT2D eigenvalue weighted by molar-refractivity contribution is 5.86. The van der Waals surface area contributed by atoms with Gasteiger partial charge in [-0.15, -0.1) is 0 Å². The molecule has 0 aromatic carbocycles. The van der Waals surface area contributed by atoms with Crippen LogP contribution in [0.3, 0.4) is 0 Å². The number of nitrogens with one attached hydrogen (secondary N) is 2. The van der Waals surface area contributed by atoms with Crippen LogP contribution in [0.2, 0.25) is 0 Å². The first-order chi connectivity index (χ1) is 9.96. The summed E-state index contributed by atoms with van der Waals surface area (Å²) >= 11 is 0. The number of urea groups is 1. The molecule has 120 valence electrons. The standard InChI is InChI=1S/C15H26N2O4/c1-14(7-6-10-21-14)11-16-13(20)17-15(12(18)19)8-4-2-3-5-9-15/h2-11H2,1H3,(H,18,19)(H2,16,17,20). The maximum atomic E-state index is 12.1. The highest BCUT2D eigenvalue weighted by atomic mass is 16.5. The van der Waals surface area contributed by atoms with Gasteiger partial charge in [0.05, 0.1) is 5.60 Å². The van der Waals surface area contributed by atoms with E-state index in [-0.39, 0.29) is 5.60 Å². The van der Waals surface area contributed by atoms with Gasteiger partial charge in [0.25, 0.3) is 0 Å². The maximum Gasteiger partial charge on any atom is 0.329 e. The molecule has 3 N–H and O–H groups in total. The fraction of sp³-hybridized carbons (Fsp3) is 0.867. The molecule has 1 aliphatic carbocycles. The van der Waals surface area contributed by atoms with Gasteiger partial charge in [0.1, 0.15) is 5.54 Å². The Morgan fingerprint density at radius 2 is 1.76 bits per heavy atom. The molecule has 1 saturated carbocycles. The van der Waals surface area contributed by atoms with E-state index in [4.69, 9.17) is 4.74 Å². The fourth-order valence-electron chi connectivity index (χ4n) is 3.23. The number of carbonyl (C=O) groups excluding carboxylic acids is 1. The van der Waals surface area contributed by atoms with Gasteiger partial charge in [0, 0.05) is 13.2 Å². The number of rotatable bonds is 4. The third-order valence-corrected chi connectivity index (χ3v) is 4.64. The summed E-state index contributed by atoms with van der Waals surface area (Å²) in [7, 11) is 0. The molecule has 0 aromatic rings. The van der Waals surface area contributed by atoms with Gasteiger partial charge < -0.3 is 20.5 Å². The molecule has 2 fully saturated rings. The van der Waals surface area contributed by atoms with Gasteiger partial charge in [-0.3, -0.25) is 0 Å². The van der Waals surface area contributed by atoms with Crippen molar-refractivity contribution in [2.75, 3.05) is 13.2 Å². The van der Waals surface area contributed by atoms with Crippen LogP contribution in [-0.4, -0.2) is 41.4 Å². The number of ether oxygens (including phenoxy) is 1. The van der Waals surface area contributed by atoms with Crippen molar-refractivity contribution in [1.82, 2.24) is 10.6 Å². The molecule has 1 saturated heterocycles. The predicted octanol–water partition coefficient (Wildman–Crippen LogP) is 2.03. The lowest BCUT2D eigenvalue weighted by Gasteiger charge is -2.30. The van der Waals surface area contributed by atoms with Gasteiger partial charge in [0.15, 0.2) is 0 Å². The summed E-state index contributed by atoms with van der Waals surface area (Å²) in [5.41, 5.74) is -1.44. The third-order valence-electron chi connectivity index (χ3n) is 4.64. The summed E-state index contributed by atoms with van der Waals surface area (Å²) in [6, 6.07) is -0.406. The van der Waals surface area contributed by atoms with E-state index in [0.717, 1.165) is 45.1 Å². The second-order valence-corrected chi connectivity index (χ2v) is 6.51. The van der Waals surface area contributed by atoms with Crippen LogP contribution in [-0.2, 0) is 9.53 Å². The number of carboxylic acid groups (broad SMARTS) is 1. The highest BCUT2D eigenvalue weighted by Crippen LogP contribution is 2.28. The number of hydrogen-bond acceptors (Lipinski definition) is 3. The Bertz CT molecular complexity index is 383. The van der Waals surface area contributed by atoms with Gasteiger partial charge in [-0.1, -0.05) is 25.7 Å². The van der Waals surface area contributed by atoms with Crippen LogP contribution in [0.4, 0.5) is 4.79 Å². The first-order valence-electron chi connectivity index (χ1n) is 7.89. The molecule has 0 bridgehead atoms. The largest absolute Gasteiger partial charge is 0.480 e. The zero-order valence-corrected chi connectivity index (χ0v) is 12.7. The summed E-state index contributed by atoms with van der Waals surface area (Å²) in [6.45, 7) is 3.10. The van der Waals surface area contributed by atoms with Crippen LogP contribution in [0.25, 0.3) is 0 Å². The SMILES string of the molecule is CC1(CNC(=O)NC2(C(=O)O)CCCCCC2)CCCO1. The van der Waals surface area contributed by atoms with Crippen LogP contribution in [0.15, 0.2) is 0 Å². The van der Waals surface area contributed by atoms with Crippen molar-refractivity contribution in [3.8, 4) is 0 Å². The molecule has 1 atom stereocenters. The number of carboxylic acids is 1. The van der Waals surface area contributed by atoms with Crippen molar-refractivity contribution in [2.45, 2.75) is 69.4 Å². The molecule has 1 heterocycles. The van der Waals surface area contributed by atoms with Crippen molar-refractivity contribution < 1.29 is 19.4 Å². The van der Waals surface area contributed by atoms with E-state index in [1.165, 1.54) is 0 Å². The summed E-state index contributed by atoms with van der Waals surface area (Å²) in [4.78, 5) is 23.7. The van der Waals surface area contributed by atoms with Gasteiger partial charge in [-0.25, -0.2) is 9.59 Å². The molecule has 6 nitrogen and oxygen atoms in total. The Balaban J connectivity index is 1.90. The molecule has 1 unspecified atom stereocenters. The summed E-state index contributed by atoms with van der Waals surface area (Å²) in [5.74, 6) is -0.928. The highest BCUT2D eigenvalue weighted by Gasteiger charge is 2.40. The molecule has 0 spiro atoms. The average Bonchev–Trinajstić information content (AvgIpc) is 2.72. The van der Waals surface area contributed by atoms with Crippen molar-refractivity contribution in [1.29, 1.82) is 0 Å². The maximum absolute atomic E-state index is 12.1. The van der Waals surface area contributed by atoms with E-state index in [0.29, 0.717) is 19.4 Å². The molecule has 2 amide bonds. The Morgan fingerprint density at radius 1 is 1.10 bits per heavy atom. The van der Waals surface area contributed by atoms with Crippen LogP contribution in [0.1, 0.15) is 58.3 Å². The van der Waals surface area contributed by atoms with E-state index in [9.17, 15) is 14.7 Å². The molecule has 21 heavy (non-hydrogen) atoms. The molecule has 6 heteroatoms. The lowest BCUT2D eigenvalue weighted by Crippen LogP contribution is -2.58. The third kappa shape index (κ3) is 4.09. The van der Waals surface area contributed by atoms with Crippen molar-refractivity contribution in [3.63, 3.8) is 0 Å². The fourth-order valence-corrected chi connectivity index (χ4v) is 3.23. The van der Waals surface area contributed by atoms with Crippen LogP contribution >= 0.6 is 0 Å². The summed E-state index contributed by atoms with van der Waals surface area (Å²) in [5, 5.41) is 15.0. The van der Waals surface area contributed by atoms with Crippen molar-refractivity contribution >= 4 is 12.0 Å². The predicted molar refractivity (Wildman–Crippen MR) is 78.2 cm³/mol. The molecular formula is C15H26N2O4. The lowest BCUT2D eigenvalue weighted by atomic mass is 9.90. The van der Waals surface area contributed by atoms with E-state index in [2.05, 4.69) is 10.6 Å². The summed E-state index contributed by atoms with van der Waals surface area (Å²) < 4.78 is 5.61. The average molecular weight is 298 g/mol. The number of hydrogen-bond donors (Lipinski definition) is 3. The Hall–Kier alpha value is -1.30. The number of aliphatic carboxylic acids is 1. The Kier molecular flexibility index (Phi) is 5.08. The van der Waals surface area contributed by atoms with E-state index < -0.39 is 17.5 Å². The van der Waals surface area contributed by atoms with Crippen molar-refractivity contribution in [2.24, 2.45) is 0 Å². The minimum absolute atomic E-state index is 0.322. The molecular weight excluding hydrogens is 272 g/mol. The minimum Gasteiger partial charge on any atom is -0.480 e. The molecule has 2 rings (SSSR count). The second-order valence-electron chi connectivity index (χ2n) is 6.51. The Labute approximate surface area is 125 Å². The first kappa shape index (κ1) is 16.1. The topological polar surface area (TPSA) is 87.7 Å². The van der Waals surface area contributed by atoms with Gasteiger partial charge in [-0.05, 0) is 32.6 Å². The lowest BCUT2D eigenvalue weighted by molar-refractivity contribution is -0.145. The number of carbonyl (C=O) groups is 2. The van der Waals surface area contributed by atoms with Gasteiger partial charge in [-0.2, -0.15) is 0 Å². The summed E-state index contributed by atoms with van der Waals surface area (Å²) in [6.07, 6.45) is 6.67. The monoisotopic (exact) mass is 298 g/mol. The molecule has 2 aliphatic rings. The molecule has 0 radical (unpaired) electrons. The van der Waals surface area contributed by atoms with Crippen LogP contribution in [0.5, 0.6) is 0 Å². The van der Waals surface area contributed by atoms with Crippen LogP contribution in [0, 0.1) is 0 Å². The van der Waals surface area contributed by atoms with E-state index >= 15 is 0 Å². The zero-order valence-electron chi connectivity index (χ0n) is 12.7. The minimum atomic E-state index is -1.11.